The molecule has 2 aromatic carbocycles. The van der Waals surface area contributed by atoms with Crippen molar-refractivity contribution in [2.24, 2.45) is 5.73 Å². The molecule has 166 valence electrons. The molecule has 0 saturated heterocycles. The minimum absolute atomic E-state index is 0.130. The smallest absolute Gasteiger partial charge is 0.419 e. The number of anilines is 1. The van der Waals surface area contributed by atoms with Crippen LogP contribution in [0, 0.1) is 17.5 Å². The van der Waals surface area contributed by atoms with Crippen molar-refractivity contribution in [1.29, 1.82) is 0 Å². The largest absolute Gasteiger partial charge is 0.456 e. The standard InChI is InChI=1S/C20H11F6N3O3/c21-12-3-1-10(8-13(12)22)32-15-4-2-11(20(24,25)26)17(23)16(15)19(31)29-9-5-6-28-14(7-9)18(27)30/h1-8H,(H2,27,30)(H,28,29,31). The van der Waals surface area contributed by atoms with Crippen molar-refractivity contribution in [2.45, 2.75) is 6.18 Å². The summed E-state index contributed by atoms with van der Waals surface area (Å²) in [6.07, 6.45) is -4.06. The van der Waals surface area contributed by atoms with Crippen LogP contribution in [0.1, 0.15) is 26.4 Å². The van der Waals surface area contributed by atoms with Crippen LogP contribution in [0.4, 0.5) is 32.0 Å². The van der Waals surface area contributed by atoms with Crippen molar-refractivity contribution in [3.05, 3.63) is 82.9 Å². The normalized spacial score (nSPS) is 11.2. The van der Waals surface area contributed by atoms with E-state index >= 15 is 0 Å². The number of carbonyl (C=O) groups is 2. The summed E-state index contributed by atoms with van der Waals surface area (Å²) < 4.78 is 85.9. The lowest BCUT2D eigenvalue weighted by atomic mass is 10.1. The third-order valence-electron chi connectivity index (χ3n) is 4.03. The highest BCUT2D eigenvalue weighted by atomic mass is 19.4. The Hall–Kier alpha value is -4.09. The molecule has 12 heteroatoms. The molecule has 0 saturated carbocycles. The Morgan fingerprint density at radius 1 is 0.969 bits per heavy atom. The highest BCUT2D eigenvalue weighted by Gasteiger charge is 2.37. The maximum atomic E-state index is 14.8. The van der Waals surface area contributed by atoms with Crippen LogP contribution in [0.2, 0.25) is 0 Å². The van der Waals surface area contributed by atoms with Crippen LogP contribution in [0.15, 0.2) is 48.7 Å². The van der Waals surface area contributed by atoms with E-state index in [-0.39, 0.29) is 11.4 Å². The number of benzene rings is 2. The molecule has 0 radical (unpaired) electrons. The van der Waals surface area contributed by atoms with Gasteiger partial charge in [-0.15, -0.1) is 0 Å². The molecule has 0 spiro atoms. The third-order valence-corrected chi connectivity index (χ3v) is 4.03. The molecule has 0 atom stereocenters. The number of halogens is 6. The van der Waals surface area contributed by atoms with Crippen LogP contribution in [-0.4, -0.2) is 16.8 Å². The van der Waals surface area contributed by atoms with Crippen molar-refractivity contribution in [1.82, 2.24) is 4.98 Å². The van der Waals surface area contributed by atoms with Crippen molar-refractivity contribution in [2.75, 3.05) is 5.32 Å². The van der Waals surface area contributed by atoms with Gasteiger partial charge in [-0.3, -0.25) is 14.6 Å². The van der Waals surface area contributed by atoms with Gasteiger partial charge in [-0.1, -0.05) is 0 Å². The molecule has 0 aliphatic carbocycles. The van der Waals surface area contributed by atoms with Gasteiger partial charge in [0.25, 0.3) is 11.8 Å². The highest BCUT2D eigenvalue weighted by molar-refractivity contribution is 6.07. The first-order valence-electron chi connectivity index (χ1n) is 8.57. The topological polar surface area (TPSA) is 94.3 Å². The zero-order valence-corrected chi connectivity index (χ0v) is 15.6. The minimum Gasteiger partial charge on any atom is -0.456 e. The summed E-state index contributed by atoms with van der Waals surface area (Å²) in [5.74, 6) is -7.96. The predicted octanol–water partition coefficient (Wildman–Crippen LogP) is 4.66. The van der Waals surface area contributed by atoms with E-state index in [4.69, 9.17) is 10.5 Å². The van der Waals surface area contributed by atoms with Crippen LogP contribution >= 0.6 is 0 Å². The van der Waals surface area contributed by atoms with Crippen molar-refractivity contribution < 1.29 is 40.7 Å². The van der Waals surface area contributed by atoms with Crippen LogP contribution in [0.3, 0.4) is 0 Å². The molecule has 0 bridgehead atoms. The number of carbonyl (C=O) groups excluding carboxylic acids is 2. The summed E-state index contributed by atoms with van der Waals surface area (Å²) >= 11 is 0. The number of alkyl halides is 3. The van der Waals surface area contributed by atoms with Gasteiger partial charge in [0.1, 0.15) is 22.8 Å². The second-order valence-corrected chi connectivity index (χ2v) is 6.22. The van der Waals surface area contributed by atoms with Crippen LogP contribution in [0.5, 0.6) is 11.5 Å². The van der Waals surface area contributed by atoms with Crippen LogP contribution in [0.25, 0.3) is 0 Å². The van der Waals surface area contributed by atoms with E-state index in [2.05, 4.69) is 10.3 Å². The van der Waals surface area contributed by atoms with Crippen molar-refractivity contribution >= 4 is 17.5 Å². The Balaban J connectivity index is 2.06. The minimum atomic E-state index is -5.14. The first-order chi connectivity index (χ1) is 15.0. The summed E-state index contributed by atoms with van der Waals surface area (Å²) in [6.45, 7) is 0. The van der Waals surface area contributed by atoms with Gasteiger partial charge in [0.05, 0.1) is 5.56 Å². The summed E-state index contributed by atoms with van der Waals surface area (Å²) in [7, 11) is 0. The maximum Gasteiger partial charge on any atom is 0.419 e. The fourth-order valence-corrected chi connectivity index (χ4v) is 2.58. The lowest BCUT2D eigenvalue weighted by Gasteiger charge is -2.16. The van der Waals surface area contributed by atoms with Crippen LogP contribution < -0.4 is 15.8 Å². The van der Waals surface area contributed by atoms with Gasteiger partial charge >= 0.3 is 6.18 Å². The number of nitrogens with one attached hydrogen (secondary N) is 1. The second kappa shape index (κ2) is 8.57. The number of hydrogen-bond donors (Lipinski definition) is 2. The van der Waals surface area contributed by atoms with E-state index in [9.17, 15) is 35.9 Å². The van der Waals surface area contributed by atoms with E-state index in [0.717, 1.165) is 18.3 Å². The molecule has 3 rings (SSSR count). The lowest BCUT2D eigenvalue weighted by molar-refractivity contribution is -0.140. The number of nitrogens with zero attached hydrogens (tertiary/aromatic N) is 1. The van der Waals surface area contributed by atoms with Gasteiger partial charge in [-0.25, -0.2) is 13.2 Å². The van der Waals surface area contributed by atoms with E-state index in [1.807, 2.05) is 0 Å². The monoisotopic (exact) mass is 455 g/mol. The van der Waals surface area contributed by atoms with E-state index in [1.165, 1.54) is 6.07 Å². The molecule has 32 heavy (non-hydrogen) atoms. The number of aromatic nitrogens is 1. The maximum absolute atomic E-state index is 14.8. The Morgan fingerprint density at radius 3 is 2.31 bits per heavy atom. The number of ether oxygens (including phenoxy) is 1. The molecule has 6 nitrogen and oxygen atoms in total. The molecule has 0 aliphatic heterocycles. The molecule has 0 fully saturated rings. The van der Waals surface area contributed by atoms with Crippen LogP contribution in [-0.2, 0) is 6.18 Å². The lowest BCUT2D eigenvalue weighted by Crippen LogP contribution is -2.19. The quantitative estimate of drug-likeness (QED) is 0.547. The Labute approximate surface area is 175 Å². The molecule has 1 aromatic heterocycles. The average molecular weight is 455 g/mol. The Morgan fingerprint density at radius 2 is 1.69 bits per heavy atom. The average Bonchev–Trinajstić information content (AvgIpc) is 2.70. The zero-order valence-electron chi connectivity index (χ0n) is 15.6. The Bertz CT molecular complexity index is 1210. The second-order valence-electron chi connectivity index (χ2n) is 6.22. The van der Waals surface area contributed by atoms with Gasteiger partial charge in [-0.05, 0) is 36.4 Å². The summed E-state index contributed by atoms with van der Waals surface area (Å²) in [5, 5.41) is 2.11. The van der Waals surface area contributed by atoms with E-state index in [1.54, 1.807) is 0 Å². The molecule has 0 aliphatic rings. The number of nitrogens with two attached hydrogens (primary N) is 1. The number of primary amides is 1. The van der Waals surface area contributed by atoms with Gasteiger partial charge in [-0.2, -0.15) is 13.2 Å². The Kier molecular flexibility index (Phi) is 6.05. The van der Waals surface area contributed by atoms with E-state index < -0.39 is 58.1 Å². The molecule has 0 unspecified atom stereocenters. The summed E-state index contributed by atoms with van der Waals surface area (Å²) in [6, 6.07) is 5.34. The number of pyridine rings is 1. The first kappa shape index (κ1) is 22.6. The zero-order chi connectivity index (χ0) is 23.6. The fourth-order valence-electron chi connectivity index (χ4n) is 2.58. The third kappa shape index (κ3) is 4.79. The van der Waals surface area contributed by atoms with E-state index in [0.29, 0.717) is 24.3 Å². The SMILES string of the molecule is NC(=O)c1cc(NC(=O)c2c(Oc3ccc(F)c(F)c3)ccc(C(F)(F)F)c2F)ccn1. The van der Waals surface area contributed by atoms with Gasteiger partial charge < -0.3 is 15.8 Å². The van der Waals surface area contributed by atoms with Crippen molar-refractivity contribution in [3.63, 3.8) is 0 Å². The predicted molar refractivity (Wildman–Crippen MR) is 98.5 cm³/mol. The van der Waals surface area contributed by atoms with Gasteiger partial charge in [0.2, 0.25) is 0 Å². The van der Waals surface area contributed by atoms with Gasteiger partial charge in [0.15, 0.2) is 17.5 Å². The summed E-state index contributed by atoms with van der Waals surface area (Å²) in [4.78, 5) is 27.5. The summed E-state index contributed by atoms with van der Waals surface area (Å²) in [5.41, 5.74) is 1.75. The molecule has 3 N–H and O–H groups in total. The van der Waals surface area contributed by atoms with Crippen molar-refractivity contribution in [3.8, 4) is 11.5 Å². The number of rotatable bonds is 5. The number of hydrogen-bond acceptors (Lipinski definition) is 4. The number of amides is 2. The first-order valence-corrected chi connectivity index (χ1v) is 8.57. The molecular weight excluding hydrogens is 444 g/mol. The molecule has 1 heterocycles. The fraction of sp³-hybridized carbons (Fsp3) is 0.0500. The molecule has 3 aromatic rings. The highest BCUT2D eigenvalue weighted by Crippen LogP contribution is 2.37. The van der Waals surface area contributed by atoms with Gasteiger partial charge in [0, 0.05) is 18.0 Å². The molecule has 2 amide bonds. The molecular formula is C20H11F6N3O3.